The highest BCUT2D eigenvalue weighted by atomic mass is 19.4. The van der Waals surface area contributed by atoms with Crippen LogP contribution in [0.4, 0.5) is 40.9 Å². The summed E-state index contributed by atoms with van der Waals surface area (Å²) < 4.78 is 111. The fourth-order valence-corrected chi connectivity index (χ4v) is 3.73. The van der Waals surface area contributed by atoms with Gasteiger partial charge in [0.05, 0.1) is 40.3 Å². The molecule has 1 unspecified atom stereocenters. The highest BCUT2D eigenvalue weighted by Gasteiger charge is 2.39. The van der Waals surface area contributed by atoms with E-state index in [0.717, 1.165) is 12.5 Å². The van der Waals surface area contributed by atoms with Gasteiger partial charge in [-0.15, -0.1) is 0 Å². The number of nitrogens with zero attached hydrogens (tertiary/aromatic N) is 6. The Labute approximate surface area is 209 Å². The summed E-state index contributed by atoms with van der Waals surface area (Å²) in [5, 5.41) is -0.471. The van der Waals surface area contributed by atoms with Gasteiger partial charge in [0.1, 0.15) is 23.6 Å². The monoisotopic (exact) mass is 544 g/mol. The van der Waals surface area contributed by atoms with Gasteiger partial charge >= 0.3 is 19.0 Å². The second-order valence-corrected chi connectivity index (χ2v) is 7.95. The Hall–Kier alpha value is -4.17. The number of anilines is 1. The van der Waals surface area contributed by atoms with Crippen molar-refractivity contribution in [2.45, 2.75) is 31.9 Å². The first-order chi connectivity index (χ1) is 17.8. The van der Waals surface area contributed by atoms with Crippen LogP contribution in [0.15, 0.2) is 49.2 Å². The number of pyridine rings is 1. The Morgan fingerprint density at radius 1 is 0.868 bits per heavy atom. The number of benzene rings is 1. The molecule has 1 atom stereocenters. The molecule has 38 heavy (non-hydrogen) atoms. The third-order valence-corrected chi connectivity index (χ3v) is 5.59. The Bertz CT molecular complexity index is 1440. The third kappa shape index (κ3) is 5.40. The van der Waals surface area contributed by atoms with Crippen LogP contribution >= 0.6 is 0 Å². The molecule has 0 spiro atoms. The number of fused-ring (bicyclic) bond motifs is 1. The van der Waals surface area contributed by atoms with E-state index in [2.05, 4.69) is 29.7 Å². The van der Waals surface area contributed by atoms with Crippen LogP contribution in [0.5, 0.6) is 5.75 Å². The standard InChI is InChI=1S/C23H16F8N6O/c1-11(17-19(33-6-5-32-17)16-4-3-13(9-34-16)38-21(24)25)37(2)20-14-7-12(22(26,27)28)8-15(23(29,30)31)18(14)35-10-36-20/h3-11,21H,1-2H3. The molecule has 200 valence electrons. The van der Waals surface area contributed by atoms with E-state index in [4.69, 9.17) is 0 Å². The summed E-state index contributed by atoms with van der Waals surface area (Å²) in [4.78, 5) is 21.4. The van der Waals surface area contributed by atoms with Crippen LogP contribution in [-0.2, 0) is 12.4 Å². The predicted molar refractivity (Wildman–Crippen MR) is 118 cm³/mol. The summed E-state index contributed by atoms with van der Waals surface area (Å²) in [7, 11) is 1.41. The van der Waals surface area contributed by atoms with Crippen LogP contribution in [-0.4, -0.2) is 38.6 Å². The average Bonchev–Trinajstić information content (AvgIpc) is 2.86. The van der Waals surface area contributed by atoms with Gasteiger partial charge in [-0.25, -0.2) is 9.97 Å². The molecule has 0 fully saturated rings. The lowest BCUT2D eigenvalue weighted by molar-refractivity contribution is -0.142. The first-order valence-electron chi connectivity index (χ1n) is 10.7. The molecule has 0 saturated carbocycles. The SMILES string of the molecule is CC(c1nccnc1-c1ccc(OC(F)F)cn1)N(C)c1ncnc2c(C(F)(F)F)cc(C(F)(F)F)cc12. The molecule has 0 aliphatic carbocycles. The maximum absolute atomic E-state index is 13.7. The van der Waals surface area contributed by atoms with Crippen LogP contribution in [0.3, 0.4) is 0 Å². The minimum absolute atomic E-state index is 0.0103. The summed E-state index contributed by atoms with van der Waals surface area (Å²) >= 11 is 0. The zero-order valence-corrected chi connectivity index (χ0v) is 19.4. The second kappa shape index (κ2) is 9.95. The number of halogens is 8. The highest BCUT2D eigenvalue weighted by molar-refractivity contribution is 5.92. The average molecular weight is 544 g/mol. The van der Waals surface area contributed by atoms with E-state index in [1.807, 2.05) is 0 Å². The highest BCUT2D eigenvalue weighted by Crippen LogP contribution is 2.42. The number of ether oxygens (including phenoxy) is 1. The van der Waals surface area contributed by atoms with Crippen LogP contribution < -0.4 is 9.64 Å². The third-order valence-electron chi connectivity index (χ3n) is 5.59. The van der Waals surface area contributed by atoms with Crippen molar-refractivity contribution in [2.75, 3.05) is 11.9 Å². The molecule has 4 rings (SSSR count). The number of alkyl halides is 8. The van der Waals surface area contributed by atoms with Gasteiger partial charge in [0.2, 0.25) is 0 Å². The van der Waals surface area contributed by atoms with Crippen molar-refractivity contribution in [1.82, 2.24) is 24.9 Å². The molecule has 0 aliphatic heterocycles. The quantitative estimate of drug-likeness (QED) is 0.263. The number of aromatic nitrogens is 5. The fourth-order valence-electron chi connectivity index (χ4n) is 3.73. The second-order valence-electron chi connectivity index (χ2n) is 7.95. The van der Waals surface area contributed by atoms with E-state index >= 15 is 0 Å². The van der Waals surface area contributed by atoms with Crippen molar-refractivity contribution in [3.8, 4) is 17.1 Å². The van der Waals surface area contributed by atoms with Gasteiger partial charge in [0.15, 0.2) is 0 Å². The molecule has 3 aromatic heterocycles. The fraction of sp³-hybridized carbons (Fsp3) is 0.261. The van der Waals surface area contributed by atoms with E-state index < -0.39 is 47.0 Å². The van der Waals surface area contributed by atoms with E-state index in [9.17, 15) is 35.1 Å². The summed E-state index contributed by atoms with van der Waals surface area (Å²) in [6.07, 6.45) is -5.64. The van der Waals surface area contributed by atoms with Crippen LogP contribution in [0.1, 0.15) is 29.8 Å². The number of rotatable bonds is 6. The lowest BCUT2D eigenvalue weighted by Gasteiger charge is -2.28. The Kier molecular flexibility index (Phi) is 7.04. The molecule has 0 saturated heterocycles. The van der Waals surface area contributed by atoms with Gasteiger partial charge in [-0.3, -0.25) is 15.0 Å². The van der Waals surface area contributed by atoms with Crippen LogP contribution in [0.2, 0.25) is 0 Å². The maximum Gasteiger partial charge on any atom is 0.418 e. The first-order valence-corrected chi connectivity index (χ1v) is 10.7. The van der Waals surface area contributed by atoms with Crippen LogP contribution in [0, 0.1) is 0 Å². The van der Waals surface area contributed by atoms with Gasteiger partial charge in [-0.1, -0.05) is 0 Å². The molecule has 0 aliphatic rings. The van der Waals surface area contributed by atoms with Gasteiger partial charge in [-0.2, -0.15) is 35.1 Å². The summed E-state index contributed by atoms with van der Waals surface area (Å²) in [5.41, 5.74) is -3.13. The van der Waals surface area contributed by atoms with Crippen molar-refractivity contribution >= 4 is 16.7 Å². The molecule has 1 aromatic carbocycles. The van der Waals surface area contributed by atoms with Gasteiger partial charge in [0.25, 0.3) is 0 Å². The topological polar surface area (TPSA) is 76.9 Å². The first kappa shape index (κ1) is 26.9. The van der Waals surface area contributed by atoms with E-state index in [0.29, 0.717) is 6.07 Å². The zero-order chi connectivity index (χ0) is 27.8. The summed E-state index contributed by atoms with van der Waals surface area (Å²) in [6.45, 7) is -1.48. The summed E-state index contributed by atoms with van der Waals surface area (Å²) in [5.74, 6) is -0.419. The lowest BCUT2D eigenvalue weighted by Crippen LogP contribution is -2.25. The number of hydrogen-bond acceptors (Lipinski definition) is 7. The molecule has 15 heteroatoms. The van der Waals surface area contributed by atoms with Crippen LogP contribution in [0.25, 0.3) is 22.3 Å². The number of hydrogen-bond donors (Lipinski definition) is 0. The smallest absolute Gasteiger partial charge is 0.418 e. The van der Waals surface area contributed by atoms with Crippen molar-refractivity contribution in [2.24, 2.45) is 0 Å². The van der Waals surface area contributed by atoms with Crippen molar-refractivity contribution in [3.63, 3.8) is 0 Å². The molecule has 0 bridgehead atoms. The van der Waals surface area contributed by atoms with Gasteiger partial charge in [-0.05, 0) is 31.2 Å². The maximum atomic E-state index is 13.7. The minimum Gasteiger partial charge on any atom is -0.433 e. The van der Waals surface area contributed by atoms with Crippen molar-refractivity contribution in [1.29, 1.82) is 0 Å². The molecule has 0 radical (unpaired) electrons. The molecular weight excluding hydrogens is 528 g/mol. The molecule has 7 nitrogen and oxygen atoms in total. The van der Waals surface area contributed by atoms with Gasteiger partial charge < -0.3 is 9.64 Å². The minimum atomic E-state index is -5.11. The van der Waals surface area contributed by atoms with E-state index in [-0.39, 0.29) is 34.7 Å². The lowest BCUT2D eigenvalue weighted by atomic mass is 10.0. The molecule has 4 aromatic rings. The van der Waals surface area contributed by atoms with E-state index in [1.165, 1.54) is 36.5 Å². The van der Waals surface area contributed by atoms with E-state index in [1.54, 1.807) is 6.92 Å². The Morgan fingerprint density at radius 3 is 2.18 bits per heavy atom. The zero-order valence-electron chi connectivity index (χ0n) is 19.4. The van der Waals surface area contributed by atoms with Crippen molar-refractivity contribution < 1.29 is 39.9 Å². The molecule has 0 N–H and O–H groups in total. The Morgan fingerprint density at radius 2 is 1.58 bits per heavy atom. The Balaban J connectivity index is 1.80. The molecule has 0 amide bonds. The summed E-state index contributed by atoms with van der Waals surface area (Å²) in [6, 6.07) is 2.35. The predicted octanol–water partition coefficient (Wildman–Crippen LogP) is 6.32. The molecular formula is C23H16F8N6O. The van der Waals surface area contributed by atoms with Crippen molar-refractivity contribution in [3.05, 3.63) is 66.0 Å². The van der Waals surface area contributed by atoms with Gasteiger partial charge in [0, 0.05) is 24.8 Å². The molecule has 3 heterocycles. The largest absolute Gasteiger partial charge is 0.433 e. The normalized spacial score (nSPS) is 13.1.